The Balaban J connectivity index is 0.000000385. The molecular formula is C6H16O9Si. The lowest BCUT2D eigenvalue weighted by molar-refractivity contribution is -0.467. The van der Waals surface area contributed by atoms with Gasteiger partial charge in [-0.05, 0) is 6.92 Å². The molecule has 0 bridgehead atoms. The minimum atomic E-state index is -4.61. The number of rotatable bonds is 2. The summed E-state index contributed by atoms with van der Waals surface area (Å²) in [6.07, 6.45) is -1.30. The van der Waals surface area contributed by atoms with Crippen molar-refractivity contribution in [2.75, 3.05) is 13.2 Å². The van der Waals surface area contributed by atoms with Crippen LogP contribution in [-0.2, 0) is 4.74 Å². The average Bonchev–Trinajstić information content (AvgIpc) is 2.01. The third-order valence-electron chi connectivity index (χ3n) is 2.30. The number of hydrogen-bond acceptors (Lipinski definition) is 9. The van der Waals surface area contributed by atoms with E-state index in [0.29, 0.717) is 0 Å². The number of aliphatic hydroxyl groups excluding tert-OH is 3. The molecule has 1 saturated heterocycles. The molecule has 16 heavy (non-hydrogen) atoms. The first-order chi connectivity index (χ1) is 7.00. The van der Waals surface area contributed by atoms with Gasteiger partial charge in [0.15, 0.2) is 12.1 Å². The van der Waals surface area contributed by atoms with Gasteiger partial charge in [0.2, 0.25) is 0 Å². The van der Waals surface area contributed by atoms with Gasteiger partial charge < -0.3 is 44.3 Å². The first-order valence-corrected chi connectivity index (χ1v) is 5.98. The van der Waals surface area contributed by atoms with Gasteiger partial charge in [-0.1, -0.05) is 0 Å². The van der Waals surface area contributed by atoms with E-state index < -0.39 is 39.8 Å². The summed E-state index contributed by atoms with van der Waals surface area (Å²) in [6.45, 7) is 0.251. The van der Waals surface area contributed by atoms with Crippen LogP contribution in [0.4, 0.5) is 0 Å². The minimum Gasteiger partial charge on any atom is -0.395 e. The van der Waals surface area contributed by atoms with Crippen molar-refractivity contribution in [1.29, 1.82) is 0 Å². The highest BCUT2D eigenvalue weighted by molar-refractivity contribution is 6.46. The summed E-state index contributed by atoms with van der Waals surface area (Å²) in [6, 6.07) is 0. The van der Waals surface area contributed by atoms with Gasteiger partial charge in [0.25, 0.3) is 0 Å². The van der Waals surface area contributed by atoms with Crippen molar-refractivity contribution < 1.29 is 44.3 Å². The van der Waals surface area contributed by atoms with Crippen LogP contribution in [0, 0.1) is 5.41 Å². The molecule has 98 valence electrons. The smallest absolute Gasteiger partial charge is 0.395 e. The van der Waals surface area contributed by atoms with Crippen molar-refractivity contribution in [1.82, 2.24) is 0 Å². The lowest BCUT2D eigenvalue weighted by Gasteiger charge is -2.55. The van der Waals surface area contributed by atoms with Gasteiger partial charge in [-0.25, -0.2) is 0 Å². The lowest BCUT2D eigenvalue weighted by Crippen LogP contribution is -2.71. The zero-order valence-electron chi connectivity index (χ0n) is 8.48. The molecule has 8 N–H and O–H groups in total. The Labute approximate surface area is 91.9 Å². The minimum absolute atomic E-state index is 0.516. The zero-order chi connectivity index (χ0) is 13.2. The summed E-state index contributed by atoms with van der Waals surface area (Å²) in [7, 11) is -4.61. The maximum atomic E-state index is 9.29. The van der Waals surface area contributed by atoms with Crippen LogP contribution in [0.3, 0.4) is 0 Å². The van der Waals surface area contributed by atoms with Crippen molar-refractivity contribution in [2.45, 2.75) is 19.0 Å². The third kappa shape index (κ3) is 3.43. The molecule has 0 aromatic heterocycles. The first-order valence-electron chi connectivity index (χ1n) is 4.19. The van der Waals surface area contributed by atoms with E-state index in [-0.39, 0.29) is 0 Å². The van der Waals surface area contributed by atoms with Crippen LogP contribution in [0.15, 0.2) is 0 Å². The van der Waals surface area contributed by atoms with Gasteiger partial charge >= 0.3 is 9.05 Å². The number of ether oxygens (including phenoxy) is 1. The summed E-state index contributed by atoms with van der Waals surface area (Å²) in [5.74, 6) is -1.64. The molecule has 2 atom stereocenters. The highest BCUT2D eigenvalue weighted by atomic mass is 28.4. The van der Waals surface area contributed by atoms with Gasteiger partial charge in [0, 0.05) is 0 Å². The van der Waals surface area contributed by atoms with E-state index >= 15 is 0 Å². The van der Waals surface area contributed by atoms with Gasteiger partial charge in [-0.3, -0.25) is 0 Å². The Morgan fingerprint density at radius 1 is 1.12 bits per heavy atom. The third-order valence-corrected chi connectivity index (χ3v) is 2.30. The van der Waals surface area contributed by atoms with Crippen LogP contribution < -0.4 is 0 Å². The summed E-state index contributed by atoms with van der Waals surface area (Å²) in [5.41, 5.74) is -1.34. The van der Waals surface area contributed by atoms with E-state index in [1.807, 2.05) is 0 Å². The van der Waals surface area contributed by atoms with Gasteiger partial charge in [0.1, 0.15) is 5.41 Å². The highest BCUT2D eigenvalue weighted by Crippen LogP contribution is 2.46. The number of aliphatic hydroxyl groups is 4. The van der Waals surface area contributed by atoms with Gasteiger partial charge in [-0.2, -0.15) is 0 Å². The molecular weight excluding hydrogens is 244 g/mol. The zero-order valence-corrected chi connectivity index (χ0v) is 9.48. The van der Waals surface area contributed by atoms with Crippen LogP contribution in [0.25, 0.3) is 0 Å². The van der Waals surface area contributed by atoms with E-state index in [9.17, 15) is 5.11 Å². The first kappa shape index (κ1) is 15.9. The van der Waals surface area contributed by atoms with Crippen LogP contribution in [-0.4, -0.2) is 73.9 Å². The Hall–Kier alpha value is -0.143. The van der Waals surface area contributed by atoms with E-state index in [2.05, 4.69) is 4.74 Å². The molecule has 1 aliphatic heterocycles. The molecule has 9 nitrogen and oxygen atoms in total. The van der Waals surface area contributed by atoms with Crippen molar-refractivity contribution in [3.05, 3.63) is 0 Å². The molecule has 1 aliphatic rings. The molecule has 1 heterocycles. The Morgan fingerprint density at radius 3 is 1.50 bits per heavy atom. The molecule has 0 spiro atoms. The monoisotopic (exact) mass is 260 g/mol. The standard InChI is InChI=1S/C6H12O5.H4O4Si/c1-5(10)6(2-7,3-8)4(9)11-5;1-5(2,3)4/h4,7-10H,2-3H2,1H3;1-4H. The second-order valence-electron chi connectivity index (χ2n) is 3.53. The predicted octanol–water partition coefficient (Wildman–Crippen LogP) is -4.59. The quantitative estimate of drug-likeness (QED) is 0.227. The van der Waals surface area contributed by atoms with Crippen LogP contribution in [0.1, 0.15) is 6.92 Å². The summed E-state index contributed by atoms with van der Waals surface area (Å²) < 4.78 is 4.52. The lowest BCUT2D eigenvalue weighted by atomic mass is 9.75. The Bertz CT molecular complexity index is 215. The summed E-state index contributed by atoms with van der Waals surface area (Å²) in [5, 5.41) is 35.8. The molecule has 0 radical (unpaired) electrons. The second kappa shape index (κ2) is 5.01. The van der Waals surface area contributed by atoms with E-state index in [1.54, 1.807) is 0 Å². The maximum Gasteiger partial charge on any atom is 0.668 e. The summed E-state index contributed by atoms with van der Waals surface area (Å²) in [4.78, 5) is 29.3. The number of hydrogen-bond donors (Lipinski definition) is 8. The van der Waals surface area contributed by atoms with E-state index in [0.717, 1.165) is 0 Å². The normalized spacial score (nSPS) is 32.4. The Morgan fingerprint density at radius 2 is 1.44 bits per heavy atom. The molecule has 0 aromatic carbocycles. The molecule has 1 rings (SSSR count). The van der Waals surface area contributed by atoms with E-state index in [1.165, 1.54) is 6.92 Å². The fraction of sp³-hybridized carbons (Fsp3) is 1.00. The van der Waals surface area contributed by atoms with Crippen molar-refractivity contribution in [3.63, 3.8) is 0 Å². The second-order valence-corrected chi connectivity index (χ2v) is 4.73. The van der Waals surface area contributed by atoms with E-state index in [4.69, 9.17) is 34.5 Å². The van der Waals surface area contributed by atoms with Crippen LogP contribution in [0.2, 0.25) is 0 Å². The van der Waals surface area contributed by atoms with Crippen molar-refractivity contribution >= 4 is 9.05 Å². The average molecular weight is 260 g/mol. The molecule has 0 aliphatic carbocycles. The van der Waals surface area contributed by atoms with Crippen LogP contribution in [0.5, 0.6) is 0 Å². The molecule has 0 amide bonds. The van der Waals surface area contributed by atoms with Crippen molar-refractivity contribution in [2.24, 2.45) is 5.41 Å². The van der Waals surface area contributed by atoms with Gasteiger partial charge in [0.05, 0.1) is 13.2 Å². The highest BCUT2D eigenvalue weighted by Gasteiger charge is 2.64. The molecule has 10 heteroatoms. The molecule has 0 saturated carbocycles. The SMILES string of the molecule is CC1(O)OC(O)C1(CO)CO.O[Si](O)(O)O. The summed E-state index contributed by atoms with van der Waals surface area (Å²) >= 11 is 0. The molecule has 2 unspecified atom stereocenters. The Kier molecular flexibility index (Phi) is 4.97. The fourth-order valence-corrected chi connectivity index (χ4v) is 1.12. The van der Waals surface area contributed by atoms with Crippen molar-refractivity contribution in [3.8, 4) is 0 Å². The maximum absolute atomic E-state index is 9.29. The molecule has 1 fully saturated rings. The fourth-order valence-electron chi connectivity index (χ4n) is 1.12. The van der Waals surface area contributed by atoms with Crippen LogP contribution >= 0.6 is 0 Å². The molecule has 0 aromatic rings. The van der Waals surface area contributed by atoms with Gasteiger partial charge in [-0.15, -0.1) is 0 Å². The topological polar surface area (TPSA) is 171 Å². The largest absolute Gasteiger partial charge is 0.668 e. The predicted molar refractivity (Wildman–Crippen MR) is 48.9 cm³/mol.